The summed E-state index contributed by atoms with van der Waals surface area (Å²) in [5.74, 6) is -0.999. The van der Waals surface area contributed by atoms with Crippen LogP contribution in [0.4, 0.5) is 0 Å². The van der Waals surface area contributed by atoms with Gasteiger partial charge in [0.15, 0.2) is 6.10 Å². The smallest absolute Gasteiger partial charge is 0.306 e. The maximum atomic E-state index is 12.8. The van der Waals surface area contributed by atoms with Crippen molar-refractivity contribution in [2.75, 3.05) is 13.2 Å². The summed E-state index contributed by atoms with van der Waals surface area (Å²) in [6.07, 6.45) is 65.7. The second-order valence-electron chi connectivity index (χ2n) is 17.1. The first-order valence-electron chi connectivity index (χ1n) is 26.1. The van der Waals surface area contributed by atoms with E-state index in [9.17, 15) is 14.4 Å². The van der Waals surface area contributed by atoms with Crippen LogP contribution in [0.1, 0.15) is 239 Å². The molecule has 0 aliphatic carbocycles. The summed E-state index contributed by atoms with van der Waals surface area (Å²) in [5, 5.41) is 0. The molecule has 0 N–H and O–H groups in total. The second-order valence-corrected chi connectivity index (χ2v) is 17.1. The highest BCUT2D eigenvalue weighted by molar-refractivity contribution is 5.71. The van der Waals surface area contributed by atoms with Gasteiger partial charge in [0.1, 0.15) is 13.2 Å². The molecule has 0 aromatic heterocycles. The lowest BCUT2D eigenvalue weighted by molar-refractivity contribution is -0.167. The number of rotatable bonds is 46. The molecule has 0 aliphatic heterocycles. The zero-order valence-electron chi connectivity index (χ0n) is 41.1. The molecule has 1 unspecified atom stereocenters. The van der Waals surface area contributed by atoms with Gasteiger partial charge in [-0.25, -0.2) is 0 Å². The predicted octanol–water partition coefficient (Wildman–Crippen LogP) is 17.2. The van der Waals surface area contributed by atoms with E-state index in [1.54, 1.807) is 0 Å². The van der Waals surface area contributed by atoms with E-state index >= 15 is 0 Å². The summed E-state index contributed by atoms with van der Waals surface area (Å²) >= 11 is 0. The van der Waals surface area contributed by atoms with Crippen molar-refractivity contribution >= 4 is 17.9 Å². The van der Waals surface area contributed by atoms with Crippen LogP contribution in [0.15, 0.2) is 85.1 Å². The van der Waals surface area contributed by atoms with E-state index in [1.807, 2.05) is 0 Å². The summed E-state index contributed by atoms with van der Waals surface area (Å²) in [5.41, 5.74) is 0. The highest BCUT2D eigenvalue weighted by Gasteiger charge is 2.19. The van der Waals surface area contributed by atoms with E-state index in [1.165, 1.54) is 116 Å². The van der Waals surface area contributed by atoms with Crippen molar-refractivity contribution in [1.29, 1.82) is 0 Å². The van der Waals surface area contributed by atoms with Crippen molar-refractivity contribution < 1.29 is 28.6 Å². The Morgan fingerprint density at radius 1 is 0.333 bits per heavy atom. The van der Waals surface area contributed by atoms with E-state index in [0.29, 0.717) is 19.3 Å². The zero-order valence-corrected chi connectivity index (χ0v) is 41.1. The molecule has 0 saturated heterocycles. The number of unbranched alkanes of at least 4 members (excludes halogenated alkanes) is 22. The number of allylic oxidation sites excluding steroid dienone is 14. The largest absolute Gasteiger partial charge is 0.462 e. The van der Waals surface area contributed by atoms with E-state index in [2.05, 4.69) is 106 Å². The maximum absolute atomic E-state index is 12.8. The lowest BCUT2D eigenvalue weighted by Crippen LogP contribution is -2.30. The van der Waals surface area contributed by atoms with Crippen molar-refractivity contribution in [3.63, 3.8) is 0 Å². The van der Waals surface area contributed by atoms with Crippen LogP contribution >= 0.6 is 0 Å². The van der Waals surface area contributed by atoms with E-state index in [0.717, 1.165) is 77.0 Å². The molecular formula is C57H96O6. The second kappa shape index (κ2) is 51.2. The van der Waals surface area contributed by atoms with Gasteiger partial charge in [0.05, 0.1) is 0 Å². The molecule has 0 saturated carbocycles. The van der Waals surface area contributed by atoms with Gasteiger partial charge in [-0.1, -0.05) is 202 Å². The van der Waals surface area contributed by atoms with E-state index in [4.69, 9.17) is 14.2 Å². The Kier molecular flexibility index (Phi) is 48.5. The number of carbonyl (C=O) groups excluding carboxylic acids is 3. The Hall–Kier alpha value is -3.41. The predicted molar refractivity (Wildman–Crippen MR) is 270 cm³/mol. The molecule has 0 bridgehead atoms. The van der Waals surface area contributed by atoms with Gasteiger partial charge in [-0.15, -0.1) is 0 Å². The average Bonchev–Trinajstić information content (AvgIpc) is 3.28. The summed E-state index contributed by atoms with van der Waals surface area (Å²) < 4.78 is 16.7. The van der Waals surface area contributed by atoms with Gasteiger partial charge in [0.25, 0.3) is 0 Å². The molecule has 0 rings (SSSR count). The van der Waals surface area contributed by atoms with Crippen LogP contribution in [0, 0.1) is 0 Å². The van der Waals surface area contributed by atoms with E-state index in [-0.39, 0.29) is 37.5 Å². The molecule has 0 aromatic rings. The third kappa shape index (κ3) is 49.5. The Morgan fingerprint density at radius 2 is 0.651 bits per heavy atom. The van der Waals surface area contributed by atoms with Crippen LogP contribution in [0.2, 0.25) is 0 Å². The molecule has 6 nitrogen and oxygen atoms in total. The van der Waals surface area contributed by atoms with Gasteiger partial charge in [-0.05, 0) is 103 Å². The standard InChI is InChI=1S/C57H96O6/c1-4-7-10-13-16-19-22-24-26-28-30-32-35-38-41-44-47-50-56(59)62-53-54(52-61-55(58)49-46-43-40-37-34-21-18-15-12-9-6-3)63-57(60)51-48-45-42-39-36-33-31-29-27-25-23-20-17-14-11-8-5-2/h15-16,18-19,21,24-27,30,32,34,38,41,54H,4-14,17,20,22-23,28-29,31,33,35-37,39-40,42-53H2,1-3H3/b18-15-,19-16-,26-24-,27-25-,32-30-,34-21-,41-38-. The summed E-state index contributed by atoms with van der Waals surface area (Å²) in [6.45, 7) is 6.47. The molecule has 0 amide bonds. The quantitative estimate of drug-likeness (QED) is 0.0199. The van der Waals surface area contributed by atoms with Crippen molar-refractivity contribution in [3.05, 3.63) is 85.1 Å². The van der Waals surface area contributed by atoms with E-state index < -0.39 is 6.10 Å². The van der Waals surface area contributed by atoms with Crippen LogP contribution < -0.4 is 0 Å². The zero-order chi connectivity index (χ0) is 45.8. The molecule has 0 aliphatic rings. The fourth-order valence-corrected chi connectivity index (χ4v) is 6.88. The van der Waals surface area contributed by atoms with Crippen molar-refractivity contribution in [2.24, 2.45) is 0 Å². The highest BCUT2D eigenvalue weighted by Crippen LogP contribution is 2.13. The fraction of sp³-hybridized carbons (Fsp3) is 0.702. The Bertz CT molecular complexity index is 1240. The maximum Gasteiger partial charge on any atom is 0.306 e. The minimum absolute atomic E-state index is 0.110. The van der Waals surface area contributed by atoms with Gasteiger partial charge in [0.2, 0.25) is 0 Å². The Morgan fingerprint density at radius 3 is 1.16 bits per heavy atom. The molecule has 0 spiro atoms. The topological polar surface area (TPSA) is 78.9 Å². The van der Waals surface area contributed by atoms with Crippen molar-refractivity contribution in [2.45, 2.75) is 245 Å². The lowest BCUT2D eigenvalue weighted by Gasteiger charge is -2.18. The monoisotopic (exact) mass is 877 g/mol. The minimum Gasteiger partial charge on any atom is -0.462 e. The van der Waals surface area contributed by atoms with Gasteiger partial charge < -0.3 is 14.2 Å². The molecule has 6 heteroatoms. The highest BCUT2D eigenvalue weighted by atomic mass is 16.6. The van der Waals surface area contributed by atoms with Crippen LogP contribution in [0.3, 0.4) is 0 Å². The third-order valence-corrected chi connectivity index (χ3v) is 10.9. The van der Waals surface area contributed by atoms with Crippen molar-refractivity contribution in [1.82, 2.24) is 0 Å². The number of carbonyl (C=O) groups is 3. The fourth-order valence-electron chi connectivity index (χ4n) is 6.88. The lowest BCUT2D eigenvalue weighted by atomic mass is 10.1. The number of esters is 3. The average molecular weight is 877 g/mol. The van der Waals surface area contributed by atoms with Crippen LogP contribution in [0.25, 0.3) is 0 Å². The van der Waals surface area contributed by atoms with Gasteiger partial charge >= 0.3 is 17.9 Å². The first-order valence-corrected chi connectivity index (χ1v) is 26.1. The number of hydrogen-bond donors (Lipinski definition) is 0. The third-order valence-electron chi connectivity index (χ3n) is 10.9. The molecule has 0 fully saturated rings. The first kappa shape index (κ1) is 59.6. The molecule has 1 atom stereocenters. The van der Waals surface area contributed by atoms with Crippen molar-refractivity contribution in [3.8, 4) is 0 Å². The molecule has 360 valence electrons. The SMILES string of the molecule is CCCC/C=C\C=C/CCCCCC(=O)OCC(COC(=O)CCC/C=C\C/C=C\C/C=C\C/C=C\CCCCC)OC(=O)CCCCCCCCC/C=C\CCCCCCCC. The molecule has 0 aromatic carbocycles. The number of ether oxygens (including phenoxy) is 3. The van der Waals surface area contributed by atoms with Gasteiger partial charge in [-0.2, -0.15) is 0 Å². The van der Waals surface area contributed by atoms with Gasteiger partial charge in [-0.3, -0.25) is 14.4 Å². The molecule has 0 heterocycles. The molecular weight excluding hydrogens is 781 g/mol. The van der Waals surface area contributed by atoms with Crippen LogP contribution in [0.5, 0.6) is 0 Å². The van der Waals surface area contributed by atoms with Crippen LogP contribution in [-0.4, -0.2) is 37.2 Å². The number of hydrogen-bond acceptors (Lipinski definition) is 6. The minimum atomic E-state index is -0.811. The Balaban J connectivity index is 4.48. The molecule has 63 heavy (non-hydrogen) atoms. The first-order chi connectivity index (χ1) is 31.0. The normalized spacial score (nSPS) is 12.7. The summed E-state index contributed by atoms with van der Waals surface area (Å²) in [4.78, 5) is 37.9. The van der Waals surface area contributed by atoms with Gasteiger partial charge in [0, 0.05) is 19.3 Å². The molecule has 0 radical (unpaired) electrons. The Labute approximate surface area is 388 Å². The van der Waals surface area contributed by atoms with Crippen LogP contribution in [-0.2, 0) is 28.6 Å². The summed E-state index contributed by atoms with van der Waals surface area (Å²) in [6, 6.07) is 0. The summed E-state index contributed by atoms with van der Waals surface area (Å²) in [7, 11) is 0.